The summed E-state index contributed by atoms with van der Waals surface area (Å²) in [5.41, 5.74) is 0.592. The van der Waals surface area contributed by atoms with Crippen LogP contribution in [0.3, 0.4) is 0 Å². The number of nitro benzene ring substituents is 1. The monoisotopic (exact) mass is 332 g/mol. The molecule has 1 saturated heterocycles. The quantitative estimate of drug-likeness (QED) is 0.459. The Bertz CT molecular complexity index is 712. The zero-order chi connectivity index (χ0) is 17.3. The molecule has 0 aromatic heterocycles. The average Bonchev–Trinajstić information content (AvgIpc) is 2.87. The Morgan fingerprint density at radius 2 is 2.08 bits per heavy atom. The molecule has 2 bridgehead atoms. The van der Waals surface area contributed by atoms with Crippen LogP contribution in [0.4, 0.5) is 5.69 Å². The molecular formula is C16H16N2O6. The smallest absolute Gasteiger partial charge is 0.337 e. The van der Waals surface area contributed by atoms with Gasteiger partial charge in [-0.3, -0.25) is 14.9 Å². The first-order chi connectivity index (χ1) is 11.5. The molecule has 2 atom stereocenters. The number of methoxy groups -OCH3 is 1. The summed E-state index contributed by atoms with van der Waals surface area (Å²) in [7, 11) is 1.46. The van der Waals surface area contributed by atoms with Gasteiger partial charge in [0, 0.05) is 31.0 Å². The van der Waals surface area contributed by atoms with Crippen molar-refractivity contribution in [3.63, 3.8) is 0 Å². The lowest BCUT2D eigenvalue weighted by molar-refractivity contribution is -0.384. The van der Waals surface area contributed by atoms with Gasteiger partial charge in [0.15, 0.2) is 6.04 Å². The van der Waals surface area contributed by atoms with Crippen LogP contribution in [-0.4, -0.2) is 41.4 Å². The molecule has 1 aromatic rings. The summed E-state index contributed by atoms with van der Waals surface area (Å²) in [6, 6.07) is 4.88. The summed E-state index contributed by atoms with van der Waals surface area (Å²) in [6.07, 6.45) is 2.18. The number of hydrogen-bond donors (Lipinski definition) is 0. The first-order valence-corrected chi connectivity index (χ1v) is 7.44. The van der Waals surface area contributed by atoms with E-state index in [0.29, 0.717) is 24.3 Å². The number of benzene rings is 1. The molecule has 8 heteroatoms. The van der Waals surface area contributed by atoms with Crippen molar-refractivity contribution in [1.82, 2.24) is 4.90 Å². The fourth-order valence-electron chi connectivity index (χ4n) is 2.97. The molecule has 2 aliphatic heterocycles. The molecule has 2 unspecified atom stereocenters. The number of amides is 1. The number of fused-ring (bicyclic) bond motifs is 2. The Labute approximate surface area is 137 Å². The number of rotatable bonds is 5. The van der Waals surface area contributed by atoms with Crippen molar-refractivity contribution in [2.24, 2.45) is 5.92 Å². The first kappa shape index (κ1) is 16.0. The molecule has 0 saturated carbocycles. The van der Waals surface area contributed by atoms with Gasteiger partial charge < -0.3 is 14.4 Å². The molecule has 1 amide bonds. The molecule has 0 N–H and O–H groups in total. The third kappa shape index (κ3) is 2.94. The highest BCUT2D eigenvalue weighted by Gasteiger charge is 2.44. The summed E-state index contributed by atoms with van der Waals surface area (Å²) in [5.74, 6) is -0.173. The van der Waals surface area contributed by atoms with E-state index >= 15 is 0 Å². The van der Waals surface area contributed by atoms with E-state index in [2.05, 4.69) is 0 Å². The Kier molecular flexibility index (Phi) is 4.20. The Morgan fingerprint density at radius 1 is 1.38 bits per heavy atom. The SMILES string of the molecule is COC1=CC2CC(=O)N(C2)C1C(=O)OCc1ccc([N+](=O)[O-])cc1. The Morgan fingerprint density at radius 3 is 2.71 bits per heavy atom. The third-order valence-corrected chi connectivity index (χ3v) is 4.16. The first-order valence-electron chi connectivity index (χ1n) is 7.44. The molecule has 8 nitrogen and oxygen atoms in total. The topological polar surface area (TPSA) is 99.0 Å². The number of nitro groups is 1. The molecule has 1 aromatic carbocycles. The summed E-state index contributed by atoms with van der Waals surface area (Å²) in [6.45, 7) is 0.457. The van der Waals surface area contributed by atoms with Crippen LogP contribution in [0.5, 0.6) is 0 Å². The van der Waals surface area contributed by atoms with Crippen molar-refractivity contribution in [2.45, 2.75) is 19.1 Å². The predicted molar refractivity (Wildman–Crippen MR) is 81.6 cm³/mol. The molecule has 0 spiro atoms. The summed E-state index contributed by atoms with van der Waals surface area (Å²) >= 11 is 0. The molecule has 24 heavy (non-hydrogen) atoms. The minimum atomic E-state index is -0.862. The fraction of sp³-hybridized carbons (Fsp3) is 0.375. The number of carbonyl (C=O) groups is 2. The van der Waals surface area contributed by atoms with Crippen LogP contribution in [0, 0.1) is 16.0 Å². The van der Waals surface area contributed by atoms with Gasteiger partial charge in [-0.05, 0) is 23.8 Å². The molecule has 126 valence electrons. The molecule has 0 radical (unpaired) electrons. The third-order valence-electron chi connectivity index (χ3n) is 4.16. The van der Waals surface area contributed by atoms with Gasteiger partial charge in [0.05, 0.1) is 12.0 Å². The van der Waals surface area contributed by atoms with Crippen LogP contribution < -0.4 is 0 Å². The maximum atomic E-state index is 12.4. The second-order valence-electron chi connectivity index (χ2n) is 5.72. The van der Waals surface area contributed by atoms with Gasteiger partial charge in [0.2, 0.25) is 5.91 Å². The highest BCUT2D eigenvalue weighted by atomic mass is 16.6. The van der Waals surface area contributed by atoms with Crippen LogP contribution in [-0.2, 0) is 25.7 Å². The van der Waals surface area contributed by atoms with Crippen LogP contribution >= 0.6 is 0 Å². The van der Waals surface area contributed by atoms with Crippen molar-refractivity contribution >= 4 is 17.6 Å². The van der Waals surface area contributed by atoms with Gasteiger partial charge in [0.1, 0.15) is 12.4 Å². The van der Waals surface area contributed by atoms with Crippen LogP contribution in [0.1, 0.15) is 12.0 Å². The van der Waals surface area contributed by atoms with Crippen LogP contribution in [0.2, 0.25) is 0 Å². The molecular weight excluding hydrogens is 316 g/mol. The second kappa shape index (κ2) is 6.31. The highest BCUT2D eigenvalue weighted by molar-refractivity contribution is 5.89. The van der Waals surface area contributed by atoms with Crippen LogP contribution in [0.15, 0.2) is 36.1 Å². The number of non-ortho nitro benzene ring substituents is 1. The number of ether oxygens (including phenoxy) is 2. The highest BCUT2D eigenvalue weighted by Crippen LogP contribution is 2.32. The van der Waals surface area contributed by atoms with E-state index in [0.717, 1.165) is 0 Å². The Balaban J connectivity index is 1.67. The van der Waals surface area contributed by atoms with Crippen molar-refractivity contribution < 1.29 is 24.0 Å². The van der Waals surface area contributed by atoms with E-state index in [1.54, 1.807) is 6.08 Å². The minimum Gasteiger partial charge on any atom is -0.499 e. The van der Waals surface area contributed by atoms with E-state index < -0.39 is 16.9 Å². The number of esters is 1. The van der Waals surface area contributed by atoms with E-state index in [4.69, 9.17) is 9.47 Å². The van der Waals surface area contributed by atoms with Gasteiger partial charge in [0.25, 0.3) is 5.69 Å². The molecule has 0 aliphatic carbocycles. The summed E-state index contributed by atoms with van der Waals surface area (Å²) in [4.78, 5) is 36.0. The zero-order valence-corrected chi connectivity index (χ0v) is 13.0. The minimum absolute atomic E-state index is 0.0318. The number of hydrogen-bond acceptors (Lipinski definition) is 6. The van der Waals surface area contributed by atoms with Crippen molar-refractivity contribution in [2.75, 3.05) is 13.7 Å². The Hall–Kier alpha value is -2.90. The normalized spacial score (nSPS) is 22.1. The summed E-state index contributed by atoms with van der Waals surface area (Å²) in [5, 5.41) is 10.6. The molecule has 3 rings (SSSR count). The standard InChI is InChI=1S/C16H16N2O6/c1-23-13-6-11-7-14(19)17(8-11)15(13)16(20)24-9-10-2-4-12(5-3-10)18(21)22/h2-6,11,15H,7-9H2,1H3. The van der Waals surface area contributed by atoms with Gasteiger partial charge in [-0.2, -0.15) is 0 Å². The van der Waals surface area contributed by atoms with Crippen molar-refractivity contribution in [3.05, 3.63) is 51.8 Å². The van der Waals surface area contributed by atoms with Gasteiger partial charge in [-0.1, -0.05) is 0 Å². The van der Waals surface area contributed by atoms with Gasteiger partial charge >= 0.3 is 5.97 Å². The van der Waals surface area contributed by atoms with Crippen molar-refractivity contribution in [3.8, 4) is 0 Å². The zero-order valence-electron chi connectivity index (χ0n) is 13.0. The second-order valence-corrected chi connectivity index (χ2v) is 5.72. The maximum Gasteiger partial charge on any atom is 0.337 e. The maximum absolute atomic E-state index is 12.4. The van der Waals surface area contributed by atoms with E-state index in [9.17, 15) is 19.7 Å². The van der Waals surface area contributed by atoms with E-state index in [1.807, 2.05) is 0 Å². The van der Waals surface area contributed by atoms with Gasteiger partial charge in [-0.25, -0.2) is 4.79 Å². The predicted octanol–water partition coefficient (Wildman–Crippen LogP) is 1.40. The van der Waals surface area contributed by atoms with E-state index in [1.165, 1.54) is 36.3 Å². The van der Waals surface area contributed by atoms with Crippen molar-refractivity contribution in [1.29, 1.82) is 0 Å². The molecule has 1 fully saturated rings. The average molecular weight is 332 g/mol. The number of nitrogens with zero attached hydrogens (tertiary/aromatic N) is 2. The lowest BCUT2D eigenvalue weighted by Gasteiger charge is -2.30. The number of carbonyl (C=O) groups excluding carboxylic acids is 2. The lowest BCUT2D eigenvalue weighted by Crippen LogP contribution is -2.46. The molecule has 2 aliphatic rings. The summed E-state index contributed by atoms with van der Waals surface area (Å²) < 4.78 is 10.5. The largest absolute Gasteiger partial charge is 0.499 e. The fourth-order valence-corrected chi connectivity index (χ4v) is 2.97. The molecule has 2 heterocycles. The van der Waals surface area contributed by atoms with Gasteiger partial charge in [-0.15, -0.1) is 0 Å². The lowest BCUT2D eigenvalue weighted by atomic mass is 10.0. The van der Waals surface area contributed by atoms with Crippen LogP contribution in [0.25, 0.3) is 0 Å². The van der Waals surface area contributed by atoms with E-state index in [-0.39, 0.29) is 24.1 Å².